The van der Waals surface area contributed by atoms with E-state index in [-0.39, 0.29) is 17.7 Å². The number of benzene rings is 1. The maximum Gasteiger partial charge on any atom is 0.258 e. The maximum atomic E-state index is 12.3. The summed E-state index contributed by atoms with van der Waals surface area (Å²) in [5.74, 6) is 0. The quantitative estimate of drug-likeness (QED) is 0.816. The van der Waals surface area contributed by atoms with E-state index in [2.05, 4.69) is 9.71 Å². The van der Waals surface area contributed by atoms with Crippen molar-refractivity contribution in [1.82, 2.24) is 9.71 Å². The highest BCUT2D eigenvalue weighted by Crippen LogP contribution is 2.10. The van der Waals surface area contributed by atoms with Crippen LogP contribution in [0.2, 0.25) is 0 Å². The number of aliphatic hydroxyl groups is 1. The van der Waals surface area contributed by atoms with Crippen LogP contribution in [-0.4, -0.2) is 24.6 Å². The summed E-state index contributed by atoms with van der Waals surface area (Å²) < 4.78 is 27.2. The standard InChI is InChI=1S/C16H20N2O3S/c1-13(10-11-14-6-3-2-4-7-14)18-22(20,21)16-9-5-8-15(12-19)17-16/h2-9,13,18-19H,10-12H2,1H3. The molecule has 5 nitrogen and oxygen atoms in total. The second-order valence-electron chi connectivity index (χ2n) is 5.17. The molecule has 0 aliphatic carbocycles. The monoisotopic (exact) mass is 320 g/mol. The van der Waals surface area contributed by atoms with Crippen molar-refractivity contribution < 1.29 is 13.5 Å². The van der Waals surface area contributed by atoms with Gasteiger partial charge in [0.15, 0.2) is 5.03 Å². The second kappa shape index (κ2) is 7.49. The van der Waals surface area contributed by atoms with Gasteiger partial charge in [-0.25, -0.2) is 18.1 Å². The van der Waals surface area contributed by atoms with E-state index in [1.807, 2.05) is 37.3 Å². The van der Waals surface area contributed by atoms with Crippen LogP contribution in [0.4, 0.5) is 0 Å². The first-order chi connectivity index (χ1) is 10.5. The molecule has 0 saturated carbocycles. The molecule has 0 spiro atoms. The molecule has 6 heteroatoms. The Morgan fingerprint density at radius 2 is 1.86 bits per heavy atom. The van der Waals surface area contributed by atoms with Gasteiger partial charge in [0, 0.05) is 6.04 Å². The lowest BCUT2D eigenvalue weighted by atomic mass is 10.1. The first-order valence-corrected chi connectivity index (χ1v) is 8.62. The first kappa shape index (κ1) is 16.6. The second-order valence-corrected chi connectivity index (χ2v) is 6.83. The van der Waals surface area contributed by atoms with Crippen LogP contribution >= 0.6 is 0 Å². The Morgan fingerprint density at radius 3 is 2.55 bits per heavy atom. The zero-order valence-corrected chi connectivity index (χ0v) is 13.3. The van der Waals surface area contributed by atoms with E-state index in [9.17, 15) is 8.42 Å². The molecule has 2 N–H and O–H groups in total. The highest BCUT2D eigenvalue weighted by atomic mass is 32.2. The summed E-state index contributed by atoms with van der Waals surface area (Å²) in [5, 5.41) is 8.98. The Balaban J connectivity index is 1.98. The van der Waals surface area contributed by atoms with Crippen molar-refractivity contribution in [2.75, 3.05) is 0 Å². The Labute approximate surface area is 131 Å². The van der Waals surface area contributed by atoms with E-state index in [4.69, 9.17) is 5.11 Å². The van der Waals surface area contributed by atoms with Crippen LogP contribution in [-0.2, 0) is 23.1 Å². The van der Waals surface area contributed by atoms with Crippen molar-refractivity contribution in [2.45, 2.75) is 37.4 Å². The molecule has 1 unspecified atom stereocenters. The fourth-order valence-corrected chi connectivity index (χ4v) is 3.37. The lowest BCUT2D eigenvalue weighted by Crippen LogP contribution is -2.33. The maximum absolute atomic E-state index is 12.3. The van der Waals surface area contributed by atoms with Gasteiger partial charge >= 0.3 is 0 Å². The molecule has 1 heterocycles. The zero-order chi connectivity index (χ0) is 16.0. The molecule has 22 heavy (non-hydrogen) atoms. The average molecular weight is 320 g/mol. The number of pyridine rings is 1. The van der Waals surface area contributed by atoms with Crippen LogP contribution in [0.25, 0.3) is 0 Å². The Bertz CT molecular complexity index is 702. The summed E-state index contributed by atoms with van der Waals surface area (Å²) in [6, 6.07) is 14.3. The van der Waals surface area contributed by atoms with Crippen molar-refractivity contribution in [3.05, 3.63) is 59.8 Å². The molecule has 0 fully saturated rings. The number of aliphatic hydroxyl groups excluding tert-OH is 1. The van der Waals surface area contributed by atoms with Crippen LogP contribution in [0.5, 0.6) is 0 Å². The molecule has 1 aromatic carbocycles. The number of aromatic nitrogens is 1. The van der Waals surface area contributed by atoms with Crippen LogP contribution in [0, 0.1) is 0 Å². The highest BCUT2D eigenvalue weighted by Gasteiger charge is 2.19. The predicted octanol–water partition coefficient (Wildman–Crippen LogP) is 1.87. The summed E-state index contributed by atoms with van der Waals surface area (Å²) in [5.41, 5.74) is 1.51. The van der Waals surface area contributed by atoms with Crippen molar-refractivity contribution in [2.24, 2.45) is 0 Å². The highest BCUT2D eigenvalue weighted by molar-refractivity contribution is 7.89. The number of rotatable bonds is 7. The molecule has 0 saturated heterocycles. The van der Waals surface area contributed by atoms with Gasteiger partial charge in [-0.3, -0.25) is 0 Å². The van der Waals surface area contributed by atoms with Crippen molar-refractivity contribution in [1.29, 1.82) is 0 Å². The van der Waals surface area contributed by atoms with Crippen molar-refractivity contribution in [3.63, 3.8) is 0 Å². The van der Waals surface area contributed by atoms with E-state index >= 15 is 0 Å². The summed E-state index contributed by atoms with van der Waals surface area (Å²) >= 11 is 0. The third kappa shape index (κ3) is 4.62. The molecule has 118 valence electrons. The predicted molar refractivity (Wildman–Crippen MR) is 84.7 cm³/mol. The van der Waals surface area contributed by atoms with Crippen molar-refractivity contribution in [3.8, 4) is 0 Å². The molecule has 0 aliphatic heterocycles. The molecule has 0 radical (unpaired) electrons. The first-order valence-electron chi connectivity index (χ1n) is 7.14. The summed E-state index contributed by atoms with van der Waals surface area (Å²) in [6.07, 6.45) is 1.50. The molecule has 0 aliphatic rings. The topological polar surface area (TPSA) is 79.3 Å². The Kier molecular flexibility index (Phi) is 5.65. The lowest BCUT2D eigenvalue weighted by molar-refractivity contribution is 0.276. The van der Waals surface area contributed by atoms with E-state index in [1.54, 1.807) is 12.1 Å². The van der Waals surface area contributed by atoms with Gasteiger partial charge in [0.1, 0.15) is 0 Å². The molecule has 0 amide bonds. The molecule has 1 aromatic heterocycles. The van der Waals surface area contributed by atoms with Gasteiger partial charge in [-0.05, 0) is 37.5 Å². The molecular formula is C16H20N2O3S. The third-order valence-corrected chi connectivity index (χ3v) is 4.77. The van der Waals surface area contributed by atoms with E-state index < -0.39 is 10.0 Å². The van der Waals surface area contributed by atoms with Gasteiger partial charge in [-0.15, -0.1) is 0 Å². The zero-order valence-electron chi connectivity index (χ0n) is 12.4. The molecule has 2 rings (SSSR count). The SMILES string of the molecule is CC(CCc1ccccc1)NS(=O)(=O)c1cccc(CO)n1. The van der Waals surface area contributed by atoms with Gasteiger partial charge in [-0.1, -0.05) is 36.4 Å². The minimum absolute atomic E-state index is 0.0642. The van der Waals surface area contributed by atoms with Crippen LogP contribution in [0.1, 0.15) is 24.6 Å². The summed E-state index contributed by atoms with van der Waals surface area (Å²) in [7, 11) is -3.67. The van der Waals surface area contributed by atoms with Gasteiger partial charge in [0.05, 0.1) is 12.3 Å². The molecular weight excluding hydrogens is 300 g/mol. The Hall–Kier alpha value is -1.76. The lowest BCUT2D eigenvalue weighted by Gasteiger charge is -2.14. The van der Waals surface area contributed by atoms with E-state index in [1.165, 1.54) is 11.6 Å². The number of nitrogens with one attached hydrogen (secondary N) is 1. The molecule has 2 aromatic rings. The van der Waals surface area contributed by atoms with Crippen LogP contribution in [0.15, 0.2) is 53.6 Å². The average Bonchev–Trinajstić information content (AvgIpc) is 2.53. The third-order valence-electron chi connectivity index (χ3n) is 3.28. The van der Waals surface area contributed by atoms with Crippen LogP contribution < -0.4 is 4.72 Å². The van der Waals surface area contributed by atoms with Gasteiger partial charge in [-0.2, -0.15) is 0 Å². The number of sulfonamides is 1. The molecule has 0 bridgehead atoms. The van der Waals surface area contributed by atoms with E-state index in [0.717, 1.165) is 6.42 Å². The minimum atomic E-state index is -3.67. The Morgan fingerprint density at radius 1 is 1.14 bits per heavy atom. The van der Waals surface area contributed by atoms with Crippen molar-refractivity contribution >= 4 is 10.0 Å². The summed E-state index contributed by atoms with van der Waals surface area (Å²) in [4.78, 5) is 3.93. The van der Waals surface area contributed by atoms with Gasteiger partial charge in [0.2, 0.25) is 0 Å². The number of hydrogen-bond acceptors (Lipinski definition) is 4. The number of hydrogen-bond donors (Lipinski definition) is 2. The normalized spacial score (nSPS) is 13.0. The van der Waals surface area contributed by atoms with E-state index in [0.29, 0.717) is 12.1 Å². The largest absolute Gasteiger partial charge is 0.390 e. The summed E-state index contributed by atoms with van der Waals surface area (Å²) in [6.45, 7) is 1.54. The smallest absolute Gasteiger partial charge is 0.258 e. The number of aryl methyl sites for hydroxylation is 1. The van der Waals surface area contributed by atoms with Crippen LogP contribution in [0.3, 0.4) is 0 Å². The number of nitrogens with zero attached hydrogens (tertiary/aromatic N) is 1. The fourth-order valence-electron chi connectivity index (χ4n) is 2.11. The van der Waals surface area contributed by atoms with Gasteiger partial charge < -0.3 is 5.11 Å². The van der Waals surface area contributed by atoms with Gasteiger partial charge in [0.25, 0.3) is 10.0 Å². The fraction of sp³-hybridized carbons (Fsp3) is 0.312. The molecule has 1 atom stereocenters. The minimum Gasteiger partial charge on any atom is -0.390 e.